The molecule has 0 aromatic heterocycles. The van der Waals surface area contributed by atoms with Crippen LogP contribution in [0.3, 0.4) is 0 Å². The summed E-state index contributed by atoms with van der Waals surface area (Å²) < 4.78 is 0. The first-order valence-corrected chi connectivity index (χ1v) is 15.4. The topological polar surface area (TPSA) is 59.4 Å². The van der Waals surface area contributed by atoms with Gasteiger partial charge in [0.1, 0.15) is 0 Å². The van der Waals surface area contributed by atoms with Crippen LogP contribution >= 0.6 is 0 Å². The maximum Gasteiger partial charge on any atom is 1.00 e. The van der Waals surface area contributed by atoms with Gasteiger partial charge in [0.05, 0.1) is 0 Å². The van der Waals surface area contributed by atoms with Crippen LogP contribution in [0.2, 0.25) is 0 Å². The summed E-state index contributed by atoms with van der Waals surface area (Å²) >= 11 is 0. The van der Waals surface area contributed by atoms with Crippen LogP contribution in [-0.2, 0) is 34.1 Å². The average molecular weight is 628 g/mol. The van der Waals surface area contributed by atoms with Gasteiger partial charge < -0.3 is 30.4 Å². The minimum absolute atomic E-state index is 0. The number of nitrogens with zero attached hydrogens (tertiary/aromatic N) is 6. The van der Waals surface area contributed by atoms with Gasteiger partial charge in [0, 0.05) is 11.9 Å². The molecule has 0 spiro atoms. The fourth-order valence-corrected chi connectivity index (χ4v) is 6.02. The summed E-state index contributed by atoms with van der Waals surface area (Å²) in [5.41, 5.74) is 0. The van der Waals surface area contributed by atoms with Crippen molar-refractivity contribution in [2.24, 2.45) is 9.98 Å². The van der Waals surface area contributed by atoms with E-state index in [-0.39, 0.29) is 34.1 Å². The maximum absolute atomic E-state index is 4.91. The quantitative estimate of drug-likeness (QED) is 0.181. The van der Waals surface area contributed by atoms with E-state index in [1.807, 2.05) is 0 Å². The van der Waals surface area contributed by atoms with Gasteiger partial charge in [-0.15, -0.1) is 0 Å². The molecule has 4 saturated carbocycles. The zero-order valence-corrected chi connectivity index (χ0v) is 26.6. The van der Waals surface area contributed by atoms with Crippen LogP contribution in [0.5, 0.6) is 0 Å². The SMILES string of the molecule is CN(C)C(=NC1CCCCC1)[N-]C1CCCCC1.CN(C)C(=NC1CCCCC1)[N-]C1CCCCC1.[Cu+].[Cu+]. The van der Waals surface area contributed by atoms with Crippen LogP contribution in [0.25, 0.3) is 10.6 Å². The Kier molecular flexibility index (Phi) is 19.2. The molecular weight excluding hydrogens is 571 g/mol. The van der Waals surface area contributed by atoms with E-state index in [0.717, 1.165) is 11.9 Å². The zero-order chi connectivity index (χ0) is 25.6. The predicted molar refractivity (Wildman–Crippen MR) is 156 cm³/mol. The fraction of sp³-hybridized carbons (Fsp3) is 0.933. The molecule has 0 radical (unpaired) electrons. The average Bonchev–Trinajstić information content (AvgIpc) is 2.91. The molecule has 0 N–H and O–H groups in total. The van der Waals surface area contributed by atoms with Crippen molar-refractivity contribution in [1.29, 1.82) is 0 Å². The molecule has 38 heavy (non-hydrogen) atoms. The minimum Gasteiger partial charge on any atom is -0.432 e. The molecule has 228 valence electrons. The van der Waals surface area contributed by atoms with Gasteiger partial charge in [-0.3, -0.25) is 0 Å². The molecule has 4 aliphatic rings. The van der Waals surface area contributed by atoms with Gasteiger partial charge in [-0.2, -0.15) is 0 Å². The standard InChI is InChI=1S/2C15H28N3.2Cu/c2*1-18(2)15(16-13-9-5-3-6-10-13)17-14-11-7-4-8-12-14;;/h2*13-14H,3-12H2,1-2H3;;/q2*-1;2*+1. The molecule has 0 amide bonds. The summed E-state index contributed by atoms with van der Waals surface area (Å²) in [5.74, 6) is 1.99. The first-order chi connectivity index (χ1) is 17.5. The third-order valence-electron chi connectivity index (χ3n) is 8.29. The van der Waals surface area contributed by atoms with Gasteiger partial charge in [-0.1, -0.05) is 77.0 Å². The summed E-state index contributed by atoms with van der Waals surface area (Å²) in [6.45, 7) is 0. The van der Waals surface area contributed by atoms with E-state index >= 15 is 0 Å². The Balaban J connectivity index is 0.000000361. The third-order valence-corrected chi connectivity index (χ3v) is 8.29. The Morgan fingerprint density at radius 3 is 0.974 bits per heavy atom. The molecule has 0 unspecified atom stereocenters. The van der Waals surface area contributed by atoms with Crippen molar-refractivity contribution in [3.63, 3.8) is 0 Å². The van der Waals surface area contributed by atoms with Crippen LogP contribution in [0.4, 0.5) is 0 Å². The smallest absolute Gasteiger partial charge is 0.432 e. The number of guanidine groups is 2. The van der Waals surface area contributed by atoms with E-state index in [2.05, 4.69) is 38.0 Å². The molecule has 0 atom stereocenters. The number of rotatable bonds is 4. The fourth-order valence-electron chi connectivity index (χ4n) is 6.02. The van der Waals surface area contributed by atoms with E-state index in [4.69, 9.17) is 20.6 Å². The van der Waals surface area contributed by atoms with Gasteiger partial charge in [0.2, 0.25) is 0 Å². The van der Waals surface area contributed by atoms with Gasteiger partial charge in [0.25, 0.3) is 0 Å². The summed E-state index contributed by atoms with van der Waals surface area (Å²) in [6.07, 6.45) is 26.4. The molecule has 6 nitrogen and oxygen atoms in total. The van der Waals surface area contributed by atoms with Crippen molar-refractivity contribution in [1.82, 2.24) is 9.80 Å². The Morgan fingerprint density at radius 2 is 0.711 bits per heavy atom. The first-order valence-electron chi connectivity index (χ1n) is 15.4. The molecule has 4 aliphatic carbocycles. The molecule has 4 fully saturated rings. The second-order valence-electron chi connectivity index (χ2n) is 12.1. The molecule has 0 aromatic carbocycles. The van der Waals surface area contributed by atoms with Gasteiger partial charge in [0.15, 0.2) is 0 Å². The Bertz CT molecular complexity index is 589. The third kappa shape index (κ3) is 13.8. The second-order valence-corrected chi connectivity index (χ2v) is 12.1. The van der Waals surface area contributed by atoms with Crippen LogP contribution in [0.15, 0.2) is 9.98 Å². The molecule has 4 rings (SSSR count). The van der Waals surface area contributed by atoms with Crippen LogP contribution in [0.1, 0.15) is 128 Å². The van der Waals surface area contributed by atoms with Gasteiger partial charge in [-0.05, 0) is 104 Å². The predicted octanol–water partition coefficient (Wildman–Crippen LogP) is 7.88. The normalized spacial score (nSPS) is 22.7. The molecular formula is C30H56Cu2N6. The van der Waals surface area contributed by atoms with Crippen molar-refractivity contribution >= 4 is 11.9 Å². The summed E-state index contributed by atoms with van der Waals surface area (Å²) in [5, 5.41) is 9.81. The van der Waals surface area contributed by atoms with Crippen LogP contribution in [0, 0.1) is 0 Å². The summed E-state index contributed by atoms with van der Waals surface area (Å²) in [7, 11) is 8.31. The van der Waals surface area contributed by atoms with Crippen molar-refractivity contribution in [2.75, 3.05) is 28.2 Å². The Hall–Kier alpha value is -0.421. The van der Waals surface area contributed by atoms with Crippen molar-refractivity contribution in [3.05, 3.63) is 10.6 Å². The van der Waals surface area contributed by atoms with Crippen molar-refractivity contribution < 1.29 is 34.1 Å². The van der Waals surface area contributed by atoms with E-state index in [1.165, 1.54) is 128 Å². The van der Waals surface area contributed by atoms with Crippen LogP contribution < -0.4 is 0 Å². The van der Waals surface area contributed by atoms with E-state index < -0.39 is 0 Å². The molecule has 0 heterocycles. The molecule has 8 heteroatoms. The number of hydrogen-bond acceptors (Lipinski definition) is 2. The zero-order valence-electron chi connectivity index (χ0n) is 24.7. The Labute approximate surface area is 256 Å². The Morgan fingerprint density at radius 1 is 0.447 bits per heavy atom. The van der Waals surface area contributed by atoms with Crippen molar-refractivity contribution in [2.45, 2.75) is 153 Å². The molecule has 0 bridgehead atoms. The first kappa shape index (κ1) is 35.6. The minimum atomic E-state index is 0. The van der Waals surface area contributed by atoms with E-state index in [0.29, 0.717) is 24.2 Å². The molecule has 0 saturated heterocycles. The molecule has 0 aromatic rings. The summed E-state index contributed by atoms with van der Waals surface area (Å²) in [4.78, 5) is 14.0. The summed E-state index contributed by atoms with van der Waals surface area (Å²) in [6, 6.07) is 2.12. The molecule has 0 aliphatic heterocycles. The van der Waals surface area contributed by atoms with E-state index in [1.54, 1.807) is 0 Å². The van der Waals surface area contributed by atoms with Crippen LogP contribution in [-0.4, -0.2) is 74.1 Å². The number of aliphatic imine (C=N–C) groups is 2. The second kappa shape index (κ2) is 20.5. The largest absolute Gasteiger partial charge is 1.00 e. The van der Waals surface area contributed by atoms with Crippen molar-refractivity contribution in [3.8, 4) is 0 Å². The monoisotopic (exact) mass is 626 g/mol. The van der Waals surface area contributed by atoms with Gasteiger partial charge >= 0.3 is 34.1 Å². The van der Waals surface area contributed by atoms with Gasteiger partial charge in [-0.25, -0.2) is 0 Å². The maximum atomic E-state index is 4.91. The van der Waals surface area contributed by atoms with E-state index in [9.17, 15) is 0 Å². The number of hydrogen-bond donors (Lipinski definition) is 0.